The first-order chi connectivity index (χ1) is 9.95. The van der Waals surface area contributed by atoms with E-state index in [4.69, 9.17) is 0 Å². The summed E-state index contributed by atoms with van der Waals surface area (Å²) in [5.74, 6) is 0.403. The fourth-order valence-electron chi connectivity index (χ4n) is 2.16. The van der Waals surface area contributed by atoms with Gasteiger partial charge in [0.15, 0.2) is 0 Å². The van der Waals surface area contributed by atoms with Crippen molar-refractivity contribution in [2.75, 3.05) is 6.54 Å². The first-order valence-corrected chi connectivity index (χ1v) is 8.85. The molecule has 1 aromatic carbocycles. The number of carbonyl (C=O) groups excluding carboxylic acids is 1. The lowest BCUT2D eigenvalue weighted by atomic mass is 10.1. The fourth-order valence-corrected chi connectivity index (χ4v) is 3.49. The normalized spacial score (nSPS) is 18.5. The number of aryl methyl sites for hydroxylation is 1. The lowest BCUT2D eigenvalue weighted by Gasteiger charge is -2.10. The van der Waals surface area contributed by atoms with Crippen LogP contribution in [0.3, 0.4) is 0 Å². The molecule has 114 valence electrons. The number of hydrogen-bond donors (Lipinski definition) is 2. The predicted octanol–water partition coefficient (Wildman–Crippen LogP) is 1.58. The number of rotatable bonds is 6. The molecule has 1 aromatic rings. The van der Waals surface area contributed by atoms with Gasteiger partial charge >= 0.3 is 0 Å². The van der Waals surface area contributed by atoms with E-state index in [1.165, 1.54) is 18.9 Å². The van der Waals surface area contributed by atoms with E-state index in [0.717, 1.165) is 18.4 Å². The van der Waals surface area contributed by atoms with Gasteiger partial charge in [0.2, 0.25) is 10.0 Å². The second kappa shape index (κ2) is 5.42. The van der Waals surface area contributed by atoms with Crippen LogP contribution in [0, 0.1) is 12.8 Å². The summed E-state index contributed by atoms with van der Waals surface area (Å²) in [4.78, 5) is 12.3. The van der Waals surface area contributed by atoms with E-state index >= 15 is 0 Å². The molecule has 0 bridgehead atoms. The molecule has 0 saturated heterocycles. The summed E-state index contributed by atoms with van der Waals surface area (Å²) >= 11 is 0. The van der Waals surface area contributed by atoms with E-state index in [1.54, 1.807) is 12.1 Å². The van der Waals surface area contributed by atoms with Gasteiger partial charge in [0, 0.05) is 18.2 Å². The van der Waals surface area contributed by atoms with Gasteiger partial charge in [0.1, 0.15) is 0 Å². The standard InChI is InChI=1S/C15H20N2O3S/c1-10-2-7-13(21(19,20)17-12-5-6-12)8-14(10)15(18)16-9-11-3-4-11/h2,7-8,11-12,17H,3-6,9H2,1H3,(H,16,18). The number of benzene rings is 1. The van der Waals surface area contributed by atoms with Crippen LogP contribution in [-0.2, 0) is 10.0 Å². The molecule has 5 nitrogen and oxygen atoms in total. The van der Waals surface area contributed by atoms with Crippen molar-refractivity contribution in [3.05, 3.63) is 29.3 Å². The molecule has 0 aliphatic heterocycles. The number of carbonyl (C=O) groups is 1. The van der Waals surface area contributed by atoms with Gasteiger partial charge in [-0.25, -0.2) is 13.1 Å². The van der Waals surface area contributed by atoms with Gasteiger partial charge < -0.3 is 5.32 Å². The summed E-state index contributed by atoms with van der Waals surface area (Å²) in [5, 5.41) is 2.88. The highest BCUT2D eigenvalue weighted by Crippen LogP contribution is 2.28. The third-order valence-corrected chi connectivity index (χ3v) is 5.43. The zero-order chi connectivity index (χ0) is 15.0. The van der Waals surface area contributed by atoms with E-state index in [9.17, 15) is 13.2 Å². The van der Waals surface area contributed by atoms with Crippen molar-refractivity contribution in [1.82, 2.24) is 10.0 Å². The van der Waals surface area contributed by atoms with Gasteiger partial charge in [-0.3, -0.25) is 4.79 Å². The summed E-state index contributed by atoms with van der Waals surface area (Å²) in [5.41, 5.74) is 1.22. The van der Waals surface area contributed by atoms with Crippen LogP contribution in [0.25, 0.3) is 0 Å². The number of nitrogens with one attached hydrogen (secondary N) is 2. The van der Waals surface area contributed by atoms with Crippen LogP contribution >= 0.6 is 0 Å². The largest absolute Gasteiger partial charge is 0.352 e. The molecule has 2 N–H and O–H groups in total. The molecule has 2 saturated carbocycles. The fraction of sp³-hybridized carbons (Fsp3) is 0.533. The lowest BCUT2D eigenvalue weighted by molar-refractivity contribution is 0.0951. The Morgan fingerprint density at radius 3 is 2.57 bits per heavy atom. The molecule has 6 heteroatoms. The van der Waals surface area contributed by atoms with Crippen molar-refractivity contribution in [1.29, 1.82) is 0 Å². The quantitative estimate of drug-likeness (QED) is 0.838. The predicted molar refractivity (Wildman–Crippen MR) is 79.6 cm³/mol. The van der Waals surface area contributed by atoms with Gasteiger partial charge in [-0.05, 0) is 56.2 Å². The smallest absolute Gasteiger partial charge is 0.251 e. The monoisotopic (exact) mass is 308 g/mol. The Morgan fingerprint density at radius 1 is 1.24 bits per heavy atom. The minimum absolute atomic E-state index is 0.0587. The molecule has 0 unspecified atom stereocenters. The average molecular weight is 308 g/mol. The van der Waals surface area contributed by atoms with Gasteiger partial charge in [-0.2, -0.15) is 0 Å². The van der Waals surface area contributed by atoms with E-state index < -0.39 is 10.0 Å². The SMILES string of the molecule is Cc1ccc(S(=O)(=O)NC2CC2)cc1C(=O)NCC1CC1. The molecule has 0 aromatic heterocycles. The highest BCUT2D eigenvalue weighted by molar-refractivity contribution is 7.89. The van der Waals surface area contributed by atoms with Gasteiger partial charge in [0.25, 0.3) is 5.91 Å². The Balaban J connectivity index is 1.79. The Kier molecular flexibility index (Phi) is 3.75. The van der Waals surface area contributed by atoms with Crippen molar-refractivity contribution in [3.63, 3.8) is 0 Å². The maximum Gasteiger partial charge on any atom is 0.251 e. The molecule has 1 amide bonds. The zero-order valence-corrected chi connectivity index (χ0v) is 12.9. The van der Waals surface area contributed by atoms with E-state index in [0.29, 0.717) is 18.0 Å². The third-order valence-electron chi connectivity index (χ3n) is 3.91. The molecule has 21 heavy (non-hydrogen) atoms. The minimum Gasteiger partial charge on any atom is -0.352 e. The van der Waals surface area contributed by atoms with Crippen LogP contribution in [0.5, 0.6) is 0 Å². The maximum absolute atomic E-state index is 12.2. The summed E-state index contributed by atoms with van der Waals surface area (Å²) in [6, 6.07) is 4.77. The van der Waals surface area contributed by atoms with Crippen LogP contribution in [0.1, 0.15) is 41.6 Å². The summed E-state index contributed by atoms with van der Waals surface area (Å²) < 4.78 is 27.0. The Labute approximate surface area is 125 Å². The Bertz CT molecular complexity index is 661. The van der Waals surface area contributed by atoms with Crippen LogP contribution in [0.4, 0.5) is 0 Å². The average Bonchev–Trinajstić information content (AvgIpc) is 3.31. The van der Waals surface area contributed by atoms with Gasteiger partial charge in [-0.15, -0.1) is 0 Å². The van der Waals surface area contributed by atoms with E-state index in [2.05, 4.69) is 10.0 Å². The minimum atomic E-state index is -3.52. The zero-order valence-electron chi connectivity index (χ0n) is 12.1. The molecule has 2 fully saturated rings. The van der Waals surface area contributed by atoms with Gasteiger partial charge in [-0.1, -0.05) is 6.07 Å². The van der Waals surface area contributed by atoms with Crippen molar-refractivity contribution in [3.8, 4) is 0 Å². The lowest BCUT2D eigenvalue weighted by Crippen LogP contribution is -2.28. The summed E-state index contributed by atoms with van der Waals surface area (Å²) in [6.45, 7) is 2.49. The van der Waals surface area contributed by atoms with E-state index in [1.807, 2.05) is 6.92 Å². The van der Waals surface area contributed by atoms with Crippen LogP contribution in [0.15, 0.2) is 23.1 Å². The van der Waals surface area contributed by atoms with Crippen LogP contribution < -0.4 is 10.0 Å². The maximum atomic E-state index is 12.2. The second-order valence-corrected chi connectivity index (χ2v) is 7.74. The molecule has 2 aliphatic rings. The summed E-state index contributed by atoms with van der Waals surface area (Å²) in [6.07, 6.45) is 4.11. The molecule has 3 rings (SSSR count). The van der Waals surface area contributed by atoms with Crippen LogP contribution in [-0.4, -0.2) is 26.9 Å². The summed E-state index contributed by atoms with van der Waals surface area (Å²) in [7, 11) is -3.52. The molecule has 2 aliphatic carbocycles. The second-order valence-electron chi connectivity index (χ2n) is 6.03. The molecule has 0 heterocycles. The molecule has 0 spiro atoms. The topological polar surface area (TPSA) is 75.3 Å². The first kappa shape index (κ1) is 14.5. The Hall–Kier alpha value is -1.40. The highest BCUT2D eigenvalue weighted by Gasteiger charge is 2.28. The van der Waals surface area contributed by atoms with E-state index in [-0.39, 0.29) is 16.8 Å². The van der Waals surface area contributed by atoms with Crippen molar-refractivity contribution < 1.29 is 13.2 Å². The molecule has 0 atom stereocenters. The highest BCUT2D eigenvalue weighted by atomic mass is 32.2. The van der Waals surface area contributed by atoms with Crippen molar-refractivity contribution in [2.24, 2.45) is 5.92 Å². The van der Waals surface area contributed by atoms with Crippen LogP contribution in [0.2, 0.25) is 0 Å². The van der Waals surface area contributed by atoms with Gasteiger partial charge in [0.05, 0.1) is 4.90 Å². The van der Waals surface area contributed by atoms with Crippen molar-refractivity contribution >= 4 is 15.9 Å². The third kappa shape index (κ3) is 3.63. The number of hydrogen-bond acceptors (Lipinski definition) is 3. The number of sulfonamides is 1. The van der Waals surface area contributed by atoms with Crippen molar-refractivity contribution in [2.45, 2.75) is 43.5 Å². The first-order valence-electron chi connectivity index (χ1n) is 7.37. The number of amides is 1. The Morgan fingerprint density at radius 2 is 1.95 bits per heavy atom. The molecular formula is C15H20N2O3S. The molecular weight excluding hydrogens is 288 g/mol. The molecule has 0 radical (unpaired) electrons.